The van der Waals surface area contributed by atoms with E-state index in [1.807, 2.05) is 30.3 Å². The summed E-state index contributed by atoms with van der Waals surface area (Å²) >= 11 is 6.13. The molecule has 0 N–H and O–H groups in total. The lowest BCUT2D eigenvalue weighted by Gasteiger charge is -2.21. The maximum absolute atomic E-state index is 12.9. The highest BCUT2D eigenvalue weighted by Gasteiger charge is 2.54. The molecular formula is C18H15ClN4O3. The summed E-state index contributed by atoms with van der Waals surface area (Å²) in [5.74, 6) is -0.289. The third-order valence-electron chi connectivity index (χ3n) is 4.44. The summed E-state index contributed by atoms with van der Waals surface area (Å²) in [5, 5.41) is 9.94. The van der Waals surface area contributed by atoms with Crippen LogP contribution < -0.4 is 9.64 Å². The summed E-state index contributed by atoms with van der Waals surface area (Å²) in [7, 11) is 1.50. The second-order valence-electron chi connectivity index (χ2n) is 6.01. The Bertz CT molecular complexity index is 903. The van der Waals surface area contributed by atoms with Gasteiger partial charge in [0.1, 0.15) is 5.75 Å². The Hall–Kier alpha value is -2.93. The third-order valence-corrected chi connectivity index (χ3v) is 4.73. The predicted octanol–water partition coefficient (Wildman–Crippen LogP) is 2.84. The molecule has 0 radical (unpaired) electrons. The molecule has 0 spiro atoms. The molecular weight excluding hydrogens is 356 g/mol. The van der Waals surface area contributed by atoms with E-state index in [4.69, 9.17) is 16.3 Å². The average molecular weight is 371 g/mol. The van der Waals surface area contributed by atoms with Gasteiger partial charge in [-0.1, -0.05) is 47.2 Å². The predicted molar refractivity (Wildman–Crippen MR) is 94.9 cm³/mol. The number of benzene rings is 2. The zero-order valence-electron chi connectivity index (χ0n) is 13.9. The van der Waals surface area contributed by atoms with Gasteiger partial charge < -0.3 is 4.74 Å². The second-order valence-corrected chi connectivity index (χ2v) is 6.42. The van der Waals surface area contributed by atoms with Crippen molar-refractivity contribution in [3.8, 4) is 5.75 Å². The lowest BCUT2D eigenvalue weighted by molar-refractivity contribution is -0.123. The third kappa shape index (κ3) is 2.61. The molecule has 0 aliphatic carbocycles. The minimum atomic E-state index is -0.827. The van der Waals surface area contributed by atoms with Gasteiger partial charge >= 0.3 is 0 Å². The molecule has 8 heteroatoms. The van der Waals surface area contributed by atoms with Crippen LogP contribution in [0.1, 0.15) is 5.56 Å². The van der Waals surface area contributed by atoms with Crippen LogP contribution in [-0.4, -0.2) is 36.0 Å². The molecule has 132 valence electrons. The number of halogens is 1. The van der Waals surface area contributed by atoms with Gasteiger partial charge in [-0.15, -0.1) is 0 Å². The highest BCUT2D eigenvalue weighted by molar-refractivity contribution is 6.33. The van der Waals surface area contributed by atoms with Crippen molar-refractivity contribution in [2.24, 2.45) is 10.3 Å². The van der Waals surface area contributed by atoms with Gasteiger partial charge in [0, 0.05) is 0 Å². The van der Waals surface area contributed by atoms with Crippen LogP contribution in [0.15, 0.2) is 58.9 Å². The van der Waals surface area contributed by atoms with Gasteiger partial charge in [0.05, 0.1) is 24.4 Å². The zero-order valence-corrected chi connectivity index (χ0v) is 14.6. The highest BCUT2D eigenvalue weighted by atomic mass is 35.5. The van der Waals surface area contributed by atoms with Crippen LogP contribution in [-0.2, 0) is 16.1 Å². The molecule has 2 aliphatic heterocycles. The number of fused-ring (bicyclic) bond motifs is 1. The van der Waals surface area contributed by atoms with Crippen LogP contribution in [0.3, 0.4) is 0 Å². The number of anilines is 1. The summed E-state index contributed by atoms with van der Waals surface area (Å²) in [6, 6.07) is 12.8. The fourth-order valence-corrected chi connectivity index (χ4v) is 3.43. The number of methoxy groups -OCH3 is 1. The number of ether oxygens (including phenoxy) is 1. The summed E-state index contributed by atoms with van der Waals surface area (Å²) in [6.07, 6.45) is 0. The lowest BCUT2D eigenvalue weighted by atomic mass is 10.1. The van der Waals surface area contributed by atoms with Crippen molar-refractivity contribution in [1.82, 2.24) is 5.01 Å². The molecule has 2 heterocycles. The number of amides is 2. The Labute approximate surface area is 154 Å². The Balaban J connectivity index is 1.61. The van der Waals surface area contributed by atoms with Crippen molar-refractivity contribution in [3.63, 3.8) is 0 Å². The Kier molecular flexibility index (Phi) is 4.08. The first-order chi connectivity index (χ1) is 12.6. The van der Waals surface area contributed by atoms with E-state index in [9.17, 15) is 9.59 Å². The molecule has 0 saturated carbocycles. The number of hydrogen-bond acceptors (Lipinski definition) is 6. The maximum atomic E-state index is 12.9. The van der Waals surface area contributed by atoms with E-state index in [0.29, 0.717) is 23.0 Å². The number of nitrogens with zero attached hydrogens (tertiary/aromatic N) is 4. The molecule has 4 rings (SSSR count). The van der Waals surface area contributed by atoms with Gasteiger partial charge in [-0.2, -0.15) is 5.11 Å². The summed E-state index contributed by atoms with van der Waals surface area (Å²) in [6.45, 7) is 0.404. The smallest absolute Gasteiger partial charge is 0.263 e. The standard InChI is InChI=1S/C18H15ClN4O3/c1-26-14-8-7-12(9-13(14)19)23-17(24)15-16(18(23)25)22(21-20-15)10-11-5-3-2-4-6-11/h2-9,15-16H,10H2,1H3. The van der Waals surface area contributed by atoms with Gasteiger partial charge in [-0.25, -0.2) is 4.90 Å². The van der Waals surface area contributed by atoms with Gasteiger partial charge in [0.15, 0.2) is 12.1 Å². The molecule has 2 amide bonds. The van der Waals surface area contributed by atoms with Gasteiger partial charge in [0.25, 0.3) is 11.8 Å². The largest absolute Gasteiger partial charge is 0.495 e. The number of hydrogen-bond donors (Lipinski definition) is 0. The van der Waals surface area contributed by atoms with Crippen molar-refractivity contribution in [1.29, 1.82) is 0 Å². The molecule has 7 nitrogen and oxygen atoms in total. The minimum absolute atomic E-state index is 0.324. The van der Waals surface area contributed by atoms with Crippen LogP contribution in [0.25, 0.3) is 0 Å². The summed E-state index contributed by atoms with van der Waals surface area (Å²) < 4.78 is 5.11. The molecule has 1 saturated heterocycles. The normalized spacial score (nSPS) is 21.5. The molecule has 1 fully saturated rings. The van der Waals surface area contributed by atoms with E-state index >= 15 is 0 Å². The van der Waals surface area contributed by atoms with Crippen molar-refractivity contribution < 1.29 is 14.3 Å². The lowest BCUT2D eigenvalue weighted by Crippen LogP contribution is -2.39. The van der Waals surface area contributed by atoms with Crippen molar-refractivity contribution in [2.75, 3.05) is 12.0 Å². The van der Waals surface area contributed by atoms with Crippen molar-refractivity contribution in [2.45, 2.75) is 18.6 Å². The van der Waals surface area contributed by atoms with Gasteiger partial charge in [0.2, 0.25) is 0 Å². The monoisotopic (exact) mass is 370 g/mol. The summed E-state index contributed by atoms with van der Waals surface area (Å²) in [5.41, 5.74) is 1.38. The SMILES string of the molecule is COc1ccc(N2C(=O)C3N=NN(Cc4ccccc4)C3C2=O)cc1Cl. The molecule has 26 heavy (non-hydrogen) atoms. The molecule has 2 aromatic rings. The first-order valence-electron chi connectivity index (χ1n) is 8.03. The number of rotatable bonds is 4. The van der Waals surface area contributed by atoms with E-state index < -0.39 is 18.0 Å². The molecule has 0 aromatic heterocycles. The summed E-state index contributed by atoms with van der Waals surface area (Å²) in [4.78, 5) is 26.8. The van der Waals surface area contributed by atoms with Crippen LogP contribution in [0.5, 0.6) is 5.75 Å². The zero-order chi connectivity index (χ0) is 18.3. The highest BCUT2D eigenvalue weighted by Crippen LogP contribution is 2.35. The number of carbonyl (C=O) groups is 2. The first kappa shape index (κ1) is 16.5. The Morgan fingerprint density at radius 2 is 1.88 bits per heavy atom. The van der Waals surface area contributed by atoms with E-state index in [1.165, 1.54) is 13.2 Å². The van der Waals surface area contributed by atoms with Crippen LogP contribution >= 0.6 is 11.6 Å². The molecule has 0 bridgehead atoms. The minimum Gasteiger partial charge on any atom is -0.495 e. The molecule has 2 unspecified atom stereocenters. The second kappa shape index (κ2) is 6.42. The van der Waals surface area contributed by atoms with Crippen LogP contribution in [0.4, 0.5) is 5.69 Å². The van der Waals surface area contributed by atoms with E-state index in [-0.39, 0.29) is 5.91 Å². The van der Waals surface area contributed by atoms with Crippen LogP contribution in [0, 0.1) is 0 Å². The quantitative estimate of drug-likeness (QED) is 0.775. The molecule has 2 aliphatic rings. The van der Waals surface area contributed by atoms with E-state index in [1.54, 1.807) is 17.1 Å². The Morgan fingerprint density at radius 1 is 1.12 bits per heavy atom. The number of imide groups is 1. The van der Waals surface area contributed by atoms with E-state index in [2.05, 4.69) is 10.3 Å². The molecule has 2 atom stereocenters. The fraction of sp³-hybridized carbons (Fsp3) is 0.222. The van der Waals surface area contributed by atoms with Crippen LogP contribution in [0.2, 0.25) is 5.02 Å². The topological polar surface area (TPSA) is 74.6 Å². The number of carbonyl (C=O) groups excluding carboxylic acids is 2. The van der Waals surface area contributed by atoms with Crippen molar-refractivity contribution in [3.05, 3.63) is 59.1 Å². The maximum Gasteiger partial charge on any atom is 0.263 e. The van der Waals surface area contributed by atoms with Crippen molar-refractivity contribution >= 4 is 29.1 Å². The van der Waals surface area contributed by atoms with E-state index in [0.717, 1.165) is 10.5 Å². The van der Waals surface area contributed by atoms with Gasteiger partial charge in [-0.05, 0) is 23.8 Å². The Morgan fingerprint density at radius 3 is 2.58 bits per heavy atom. The average Bonchev–Trinajstić information content (AvgIpc) is 3.16. The van der Waals surface area contributed by atoms with Gasteiger partial charge in [-0.3, -0.25) is 14.6 Å². The molecule has 2 aromatic carbocycles. The fourth-order valence-electron chi connectivity index (χ4n) is 3.17. The first-order valence-corrected chi connectivity index (χ1v) is 8.40.